The Bertz CT molecular complexity index is 773. The molecular formula is C19H22Cl2N2. The third-order valence-electron chi connectivity index (χ3n) is 4.01. The Morgan fingerprint density at radius 2 is 1.87 bits per heavy atom. The Morgan fingerprint density at radius 3 is 2.65 bits per heavy atom. The quantitative estimate of drug-likeness (QED) is 0.610. The molecule has 1 aromatic heterocycles. The van der Waals surface area contributed by atoms with Gasteiger partial charge in [-0.1, -0.05) is 35.9 Å². The Labute approximate surface area is 148 Å². The highest BCUT2D eigenvalue weighted by Gasteiger charge is 2.07. The van der Waals surface area contributed by atoms with Crippen molar-refractivity contribution in [3.8, 4) is 0 Å². The first-order valence-electron chi connectivity index (χ1n) is 7.66. The van der Waals surface area contributed by atoms with Crippen LogP contribution >= 0.6 is 24.0 Å². The van der Waals surface area contributed by atoms with Gasteiger partial charge in [0.25, 0.3) is 0 Å². The van der Waals surface area contributed by atoms with E-state index in [0.29, 0.717) is 0 Å². The molecule has 0 aliphatic heterocycles. The van der Waals surface area contributed by atoms with Crippen molar-refractivity contribution >= 4 is 34.9 Å². The number of hydrogen-bond donors (Lipinski definition) is 2. The van der Waals surface area contributed by atoms with Gasteiger partial charge in [0.2, 0.25) is 0 Å². The summed E-state index contributed by atoms with van der Waals surface area (Å²) in [6.07, 6.45) is 1.02. The number of H-pyrrole nitrogens is 1. The van der Waals surface area contributed by atoms with Gasteiger partial charge < -0.3 is 10.3 Å². The molecule has 122 valence electrons. The minimum absolute atomic E-state index is 0. The summed E-state index contributed by atoms with van der Waals surface area (Å²) in [4.78, 5) is 3.46. The molecule has 0 fully saturated rings. The molecule has 0 spiro atoms. The van der Waals surface area contributed by atoms with Gasteiger partial charge in [0.1, 0.15) is 0 Å². The molecule has 23 heavy (non-hydrogen) atoms. The van der Waals surface area contributed by atoms with Gasteiger partial charge in [-0.15, -0.1) is 12.4 Å². The van der Waals surface area contributed by atoms with Crippen molar-refractivity contribution in [2.24, 2.45) is 0 Å². The predicted octanol–water partition coefficient (Wildman–Crippen LogP) is 5.19. The number of aryl methyl sites for hydroxylation is 2. The van der Waals surface area contributed by atoms with Crippen LogP contribution in [0, 0.1) is 13.8 Å². The molecule has 0 amide bonds. The lowest BCUT2D eigenvalue weighted by atomic mass is 10.1. The standard InChI is InChI=1S/C19H21ClN2.ClH/c1-13-9-15(11-16(20)10-13)12-21-8-7-17-14(2)22-19-6-4-3-5-18(17)19;/h3-6,9-11,21-22H,7-8,12H2,1-2H3;1H. The number of benzene rings is 2. The summed E-state index contributed by atoms with van der Waals surface area (Å²) in [7, 11) is 0. The van der Waals surface area contributed by atoms with E-state index in [4.69, 9.17) is 11.6 Å². The van der Waals surface area contributed by atoms with Crippen molar-refractivity contribution in [2.75, 3.05) is 6.54 Å². The van der Waals surface area contributed by atoms with E-state index < -0.39 is 0 Å². The molecule has 3 aromatic rings. The molecule has 0 saturated carbocycles. The summed E-state index contributed by atoms with van der Waals surface area (Å²) in [5.74, 6) is 0. The van der Waals surface area contributed by atoms with E-state index in [2.05, 4.69) is 54.5 Å². The van der Waals surface area contributed by atoms with Crippen molar-refractivity contribution in [3.63, 3.8) is 0 Å². The second kappa shape index (κ2) is 7.87. The maximum absolute atomic E-state index is 6.10. The maximum Gasteiger partial charge on any atom is 0.0458 e. The highest BCUT2D eigenvalue weighted by molar-refractivity contribution is 6.30. The average molecular weight is 349 g/mol. The SMILES string of the molecule is Cc1cc(Cl)cc(CNCCc2c(C)[nH]c3ccccc23)c1.Cl. The number of fused-ring (bicyclic) bond motifs is 1. The first-order valence-corrected chi connectivity index (χ1v) is 8.04. The topological polar surface area (TPSA) is 27.8 Å². The van der Waals surface area contributed by atoms with Crippen LogP contribution in [-0.4, -0.2) is 11.5 Å². The third kappa shape index (κ3) is 4.29. The second-order valence-corrected chi connectivity index (χ2v) is 6.27. The Hall–Kier alpha value is -1.48. The van der Waals surface area contributed by atoms with Gasteiger partial charge in [-0.2, -0.15) is 0 Å². The molecule has 0 aliphatic rings. The van der Waals surface area contributed by atoms with Crippen LogP contribution in [0.3, 0.4) is 0 Å². The largest absolute Gasteiger partial charge is 0.358 e. The zero-order chi connectivity index (χ0) is 15.5. The molecule has 0 radical (unpaired) electrons. The van der Waals surface area contributed by atoms with E-state index in [1.54, 1.807) is 0 Å². The minimum atomic E-state index is 0. The molecule has 2 aromatic carbocycles. The summed E-state index contributed by atoms with van der Waals surface area (Å²) < 4.78 is 0. The molecule has 3 rings (SSSR count). The molecule has 2 nitrogen and oxygen atoms in total. The molecular weight excluding hydrogens is 327 g/mol. The average Bonchev–Trinajstić information content (AvgIpc) is 2.78. The number of nitrogens with one attached hydrogen (secondary N) is 2. The van der Waals surface area contributed by atoms with Crippen LogP contribution in [0.25, 0.3) is 10.9 Å². The van der Waals surface area contributed by atoms with E-state index in [1.165, 1.54) is 33.3 Å². The minimum Gasteiger partial charge on any atom is -0.358 e. The smallest absolute Gasteiger partial charge is 0.0458 e. The Balaban J connectivity index is 0.00000192. The van der Waals surface area contributed by atoms with Gasteiger partial charge in [-0.05, 0) is 61.7 Å². The van der Waals surface area contributed by atoms with Crippen LogP contribution in [0.4, 0.5) is 0 Å². The number of aromatic nitrogens is 1. The van der Waals surface area contributed by atoms with E-state index in [-0.39, 0.29) is 12.4 Å². The van der Waals surface area contributed by atoms with Crippen molar-refractivity contribution in [3.05, 3.63) is 69.9 Å². The van der Waals surface area contributed by atoms with Crippen LogP contribution < -0.4 is 5.32 Å². The molecule has 0 bridgehead atoms. The maximum atomic E-state index is 6.10. The van der Waals surface area contributed by atoms with E-state index in [9.17, 15) is 0 Å². The van der Waals surface area contributed by atoms with Crippen molar-refractivity contribution in [2.45, 2.75) is 26.8 Å². The van der Waals surface area contributed by atoms with Crippen LogP contribution in [0.15, 0.2) is 42.5 Å². The highest BCUT2D eigenvalue weighted by Crippen LogP contribution is 2.22. The van der Waals surface area contributed by atoms with Gasteiger partial charge >= 0.3 is 0 Å². The second-order valence-electron chi connectivity index (χ2n) is 5.84. The van der Waals surface area contributed by atoms with Gasteiger partial charge in [0.15, 0.2) is 0 Å². The summed E-state index contributed by atoms with van der Waals surface area (Å²) in [6.45, 7) is 6.03. The Kier molecular flexibility index (Phi) is 6.11. The molecule has 4 heteroatoms. The number of hydrogen-bond acceptors (Lipinski definition) is 1. The highest BCUT2D eigenvalue weighted by atomic mass is 35.5. The summed E-state index contributed by atoms with van der Waals surface area (Å²) in [5.41, 5.74) is 6.34. The monoisotopic (exact) mass is 348 g/mol. The lowest BCUT2D eigenvalue weighted by Crippen LogP contribution is -2.17. The van der Waals surface area contributed by atoms with Crippen LogP contribution in [0.2, 0.25) is 5.02 Å². The normalized spacial score (nSPS) is 10.7. The first kappa shape index (κ1) is 17.9. The predicted molar refractivity (Wildman–Crippen MR) is 102 cm³/mol. The Morgan fingerprint density at radius 1 is 1.09 bits per heavy atom. The number of para-hydroxylation sites is 1. The van der Waals surface area contributed by atoms with E-state index >= 15 is 0 Å². The molecule has 0 atom stereocenters. The number of aromatic amines is 1. The fourth-order valence-corrected chi connectivity index (χ4v) is 3.33. The zero-order valence-corrected chi connectivity index (χ0v) is 15.0. The van der Waals surface area contributed by atoms with Gasteiger partial charge in [0, 0.05) is 28.2 Å². The fourth-order valence-electron chi connectivity index (χ4n) is 3.02. The molecule has 1 heterocycles. The molecule has 0 aliphatic carbocycles. The van der Waals surface area contributed by atoms with E-state index in [0.717, 1.165) is 24.5 Å². The van der Waals surface area contributed by atoms with Crippen LogP contribution in [0.1, 0.15) is 22.4 Å². The third-order valence-corrected chi connectivity index (χ3v) is 4.23. The number of rotatable bonds is 5. The van der Waals surface area contributed by atoms with Gasteiger partial charge in [0.05, 0.1) is 0 Å². The molecule has 2 N–H and O–H groups in total. The van der Waals surface area contributed by atoms with Crippen molar-refractivity contribution < 1.29 is 0 Å². The summed E-state index contributed by atoms with van der Waals surface area (Å²) in [5, 5.41) is 5.66. The number of halogens is 2. The van der Waals surface area contributed by atoms with Gasteiger partial charge in [-0.25, -0.2) is 0 Å². The lowest BCUT2D eigenvalue weighted by Gasteiger charge is -2.07. The van der Waals surface area contributed by atoms with Gasteiger partial charge in [-0.3, -0.25) is 0 Å². The van der Waals surface area contributed by atoms with Crippen molar-refractivity contribution in [1.82, 2.24) is 10.3 Å². The van der Waals surface area contributed by atoms with E-state index in [1.807, 2.05) is 12.1 Å². The summed E-state index contributed by atoms with van der Waals surface area (Å²) in [6, 6.07) is 14.7. The first-order chi connectivity index (χ1) is 10.6. The van der Waals surface area contributed by atoms with Crippen LogP contribution in [-0.2, 0) is 13.0 Å². The lowest BCUT2D eigenvalue weighted by molar-refractivity contribution is 0.687. The molecule has 0 saturated heterocycles. The summed E-state index contributed by atoms with van der Waals surface area (Å²) >= 11 is 6.10. The zero-order valence-electron chi connectivity index (χ0n) is 13.4. The fraction of sp³-hybridized carbons (Fsp3) is 0.263. The van der Waals surface area contributed by atoms with Crippen molar-refractivity contribution in [1.29, 1.82) is 0 Å². The van der Waals surface area contributed by atoms with Crippen LogP contribution in [0.5, 0.6) is 0 Å². The molecule has 0 unspecified atom stereocenters.